The minimum absolute atomic E-state index is 0.0821. The topological polar surface area (TPSA) is 107 Å². The highest BCUT2D eigenvalue weighted by molar-refractivity contribution is 7.13. The fourth-order valence-corrected chi connectivity index (χ4v) is 3.76. The monoisotopic (exact) mass is 443 g/mol. The molecule has 0 aliphatic heterocycles. The van der Waals surface area contributed by atoms with Gasteiger partial charge < -0.3 is 10.1 Å². The van der Waals surface area contributed by atoms with Crippen LogP contribution < -0.4 is 10.6 Å². The zero-order valence-electron chi connectivity index (χ0n) is 18.1. The van der Waals surface area contributed by atoms with E-state index in [4.69, 9.17) is 4.74 Å². The number of benzene rings is 1. The smallest absolute Gasteiger partial charge is 0.282 e. The highest BCUT2D eigenvalue weighted by Gasteiger charge is 2.15. The maximum Gasteiger partial charge on any atom is 0.282 e. The van der Waals surface area contributed by atoms with Crippen molar-refractivity contribution in [3.8, 4) is 0 Å². The van der Waals surface area contributed by atoms with Crippen LogP contribution in [-0.2, 0) is 24.2 Å². The van der Waals surface area contributed by atoms with E-state index in [-0.39, 0.29) is 18.2 Å². The molecule has 166 valence electrons. The van der Waals surface area contributed by atoms with Crippen molar-refractivity contribution < 1.29 is 9.53 Å². The molecule has 0 saturated carbocycles. The number of methoxy groups -OCH3 is 1. The molecule has 31 heavy (non-hydrogen) atoms. The Kier molecular flexibility index (Phi) is 8.63. The number of rotatable bonds is 12. The largest absolute Gasteiger partial charge is 0.361 e. The van der Waals surface area contributed by atoms with Crippen molar-refractivity contribution in [2.45, 2.75) is 58.5 Å². The second kappa shape index (κ2) is 11.6. The van der Waals surface area contributed by atoms with Gasteiger partial charge >= 0.3 is 0 Å². The van der Waals surface area contributed by atoms with Gasteiger partial charge in [0.1, 0.15) is 10.7 Å². The van der Waals surface area contributed by atoms with E-state index in [1.807, 2.05) is 42.9 Å². The first kappa shape index (κ1) is 23.0. The van der Waals surface area contributed by atoms with E-state index in [1.165, 1.54) is 16.9 Å². The van der Waals surface area contributed by atoms with E-state index in [2.05, 4.69) is 43.3 Å². The van der Waals surface area contributed by atoms with Gasteiger partial charge in [-0.05, 0) is 32.3 Å². The SMILES string of the molecule is COC(NCc1ccccc1)c1cn(CCCCc2nnc(C(=O)NC(C)C)s2)nn1. The Labute approximate surface area is 186 Å². The van der Waals surface area contributed by atoms with E-state index in [9.17, 15) is 4.79 Å². The molecule has 3 rings (SSSR count). The fourth-order valence-electron chi connectivity index (χ4n) is 2.98. The maximum absolute atomic E-state index is 12.0. The van der Waals surface area contributed by atoms with Gasteiger partial charge in [-0.3, -0.25) is 14.8 Å². The lowest BCUT2D eigenvalue weighted by molar-refractivity contribution is 0.0685. The molecule has 0 fully saturated rings. The number of unbranched alkanes of at least 4 members (excludes halogenated alkanes) is 1. The molecule has 9 nitrogen and oxygen atoms in total. The first-order valence-electron chi connectivity index (χ1n) is 10.4. The molecule has 0 saturated heterocycles. The highest BCUT2D eigenvalue weighted by atomic mass is 32.1. The summed E-state index contributed by atoms with van der Waals surface area (Å²) < 4.78 is 7.35. The summed E-state index contributed by atoms with van der Waals surface area (Å²) in [6.45, 7) is 5.28. The number of carbonyl (C=O) groups excluding carboxylic acids is 1. The molecular weight excluding hydrogens is 414 g/mol. The predicted octanol–water partition coefficient (Wildman–Crippen LogP) is 2.73. The van der Waals surface area contributed by atoms with Crippen molar-refractivity contribution in [2.75, 3.05) is 7.11 Å². The average Bonchev–Trinajstić information content (AvgIpc) is 3.42. The molecule has 10 heteroatoms. The molecule has 2 aromatic heterocycles. The second-order valence-electron chi connectivity index (χ2n) is 7.47. The quantitative estimate of drug-likeness (QED) is 0.327. The lowest BCUT2D eigenvalue weighted by Crippen LogP contribution is -2.29. The Hall–Kier alpha value is -2.69. The molecule has 1 atom stereocenters. The third kappa shape index (κ3) is 7.20. The maximum atomic E-state index is 12.0. The Morgan fingerprint density at radius 1 is 1.16 bits per heavy atom. The Morgan fingerprint density at radius 3 is 2.71 bits per heavy atom. The molecule has 0 aliphatic rings. The van der Waals surface area contributed by atoms with Gasteiger partial charge in [0, 0.05) is 32.7 Å². The molecule has 0 spiro atoms. The molecule has 1 aromatic carbocycles. The van der Waals surface area contributed by atoms with Crippen LogP contribution in [0.3, 0.4) is 0 Å². The number of nitrogens with zero attached hydrogens (tertiary/aromatic N) is 5. The van der Waals surface area contributed by atoms with Gasteiger partial charge in [-0.15, -0.1) is 15.3 Å². The number of hydrogen-bond donors (Lipinski definition) is 2. The van der Waals surface area contributed by atoms with Gasteiger partial charge in [0.2, 0.25) is 5.01 Å². The van der Waals surface area contributed by atoms with E-state index in [0.29, 0.717) is 11.6 Å². The number of carbonyl (C=O) groups is 1. The van der Waals surface area contributed by atoms with Crippen LogP contribution in [0.4, 0.5) is 0 Å². The van der Waals surface area contributed by atoms with Crippen LogP contribution in [0.2, 0.25) is 0 Å². The van der Waals surface area contributed by atoms with Crippen molar-refractivity contribution in [1.29, 1.82) is 0 Å². The summed E-state index contributed by atoms with van der Waals surface area (Å²) in [6.07, 6.45) is 4.23. The van der Waals surface area contributed by atoms with Gasteiger partial charge in [0.05, 0.1) is 6.20 Å². The van der Waals surface area contributed by atoms with Crippen molar-refractivity contribution in [3.05, 3.63) is 57.8 Å². The summed E-state index contributed by atoms with van der Waals surface area (Å²) in [7, 11) is 1.65. The average molecular weight is 444 g/mol. The Morgan fingerprint density at radius 2 is 1.97 bits per heavy atom. The summed E-state index contributed by atoms with van der Waals surface area (Å²) in [5.41, 5.74) is 1.93. The normalized spacial score (nSPS) is 12.3. The van der Waals surface area contributed by atoms with Crippen LogP contribution in [-0.4, -0.2) is 44.3 Å². The first-order chi connectivity index (χ1) is 15.0. The molecule has 0 bridgehead atoms. The number of aromatic nitrogens is 5. The van der Waals surface area contributed by atoms with Gasteiger partial charge in [0.15, 0.2) is 6.23 Å². The molecule has 0 aliphatic carbocycles. The summed E-state index contributed by atoms with van der Waals surface area (Å²) >= 11 is 1.35. The van der Waals surface area contributed by atoms with Crippen molar-refractivity contribution in [3.63, 3.8) is 0 Å². The minimum atomic E-state index is -0.314. The lowest BCUT2D eigenvalue weighted by Gasteiger charge is -2.14. The molecule has 1 unspecified atom stereocenters. The Balaban J connectivity index is 1.41. The Bertz CT molecular complexity index is 942. The summed E-state index contributed by atoms with van der Waals surface area (Å²) in [6, 6.07) is 10.2. The van der Waals surface area contributed by atoms with E-state index >= 15 is 0 Å². The summed E-state index contributed by atoms with van der Waals surface area (Å²) in [4.78, 5) is 12.0. The molecule has 1 amide bonds. The van der Waals surface area contributed by atoms with Crippen LogP contribution >= 0.6 is 11.3 Å². The second-order valence-corrected chi connectivity index (χ2v) is 8.54. The van der Waals surface area contributed by atoms with Crippen LogP contribution in [0.25, 0.3) is 0 Å². The fraction of sp³-hybridized carbons (Fsp3) is 0.476. The third-order valence-corrected chi connectivity index (χ3v) is 5.49. The van der Waals surface area contributed by atoms with Gasteiger partial charge in [0.25, 0.3) is 5.91 Å². The number of amides is 1. The number of hydrogen-bond acceptors (Lipinski definition) is 8. The summed E-state index contributed by atoms with van der Waals surface area (Å²) in [5, 5.41) is 24.0. The zero-order valence-corrected chi connectivity index (χ0v) is 18.9. The van der Waals surface area contributed by atoms with E-state index < -0.39 is 0 Å². The third-order valence-electron chi connectivity index (χ3n) is 4.50. The van der Waals surface area contributed by atoms with Crippen LogP contribution in [0, 0.1) is 0 Å². The van der Waals surface area contributed by atoms with Gasteiger partial charge in [-0.1, -0.05) is 46.9 Å². The van der Waals surface area contributed by atoms with Crippen molar-refractivity contribution in [1.82, 2.24) is 35.8 Å². The van der Waals surface area contributed by atoms with Crippen molar-refractivity contribution in [2.24, 2.45) is 0 Å². The highest BCUT2D eigenvalue weighted by Crippen LogP contribution is 2.14. The first-order valence-corrected chi connectivity index (χ1v) is 11.2. The predicted molar refractivity (Wildman–Crippen MR) is 119 cm³/mol. The standard InChI is InChI=1S/C21H29N7O2S/c1-15(2)23-19(29)21-26-25-18(31-21)11-7-8-12-28-14-17(24-27-28)20(30-3)22-13-16-9-5-4-6-10-16/h4-6,9-10,14-15,20,22H,7-8,11-13H2,1-3H3,(H,23,29). The minimum Gasteiger partial charge on any atom is -0.361 e. The molecular formula is C21H29N7O2S. The van der Waals surface area contributed by atoms with Crippen LogP contribution in [0.5, 0.6) is 0 Å². The number of ether oxygens (including phenoxy) is 1. The van der Waals surface area contributed by atoms with Crippen molar-refractivity contribution >= 4 is 17.2 Å². The lowest BCUT2D eigenvalue weighted by atomic mass is 10.2. The molecule has 0 radical (unpaired) electrons. The van der Waals surface area contributed by atoms with Crippen LogP contribution in [0.1, 0.15) is 59.0 Å². The van der Waals surface area contributed by atoms with E-state index in [1.54, 1.807) is 7.11 Å². The molecule has 2 heterocycles. The number of nitrogens with one attached hydrogen (secondary N) is 2. The molecule has 2 N–H and O–H groups in total. The zero-order chi connectivity index (χ0) is 22.1. The number of aryl methyl sites for hydroxylation is 2. The van der Waals surface area contributed by atoms with Gasteiger partial charge in [-0.25, -0.2) is 0 Å². The van der Waals surface area contributed by atoms with Crippen LogP contribution in [0.15, 0.2) is 36.5 Å². The molecule has 3 aromatic rings. The van der Waals surface area contributed by atoms with E-state index in [0.717, 1.165) is 36.5 Å². The van der Waals surface area contributed by atoms with Gasteiger partial charge in [-0.2, -0.15) is 0 Å². The summed E-state index contributed by atoms with van der Waals surface area (Å²) in [5.74, 6) is -0.164.